The van der Waals surface area contributed by atoms with Gasteiger partial charge in [0, 0.05) is 12.3 Å². The number of ether oxygens (including phenoxy) is 2. The van der Waals surface area contributed by atoms with Crippen LogP contribution in [0.4, 0.5) is 24.1 Å². The SMILES string of the molecule is C=CC1CC1(NC(=O)[C@@H]1C[C@@H](OC(=O)Nc2c(F)cccc2F)CN1C(=O)[C@@H](NC(=O)OC(C)(C)C)C(C)(C)C)C(=O)O. The van der Waals surface area contributed by atoms with Crippen molar-refractivity contribution in [1.82, 2.24) is 15.5 Å². The first-order valence-corrected chi connectivity index (χ1v) is 13.7. The number of rotatable bonds is 8. The molecule has 0 aromatic heterocycles. The van der Waals surface area contributed by atoms with Gasteiger partial charge in [-0.05, 0) is 44.7 Å². The van der Waals surface area contributed by atoms with E-state index in [4.69, 9.17) is 9.47 Å². The smallest absolute Gasteiger partial charge is 0.412 e. The molecular weight excluding hydrogens is 570 g/mol. The summed E-state index contributed by atoms with van der Waals surface area (Å²) in [7, 11) is 0. The maximum atomic E-state index is 14.0. The number of amides is 4. The quantitative estimate of drug-likeness (QED) is 0.326. The number of carboxylic acid groups (broad SMARTS) is 1. The number of benzene rings is 1. The van der Waals surface area contributed by atoms with E-state index in [0.29, 0.717) is 0 Å². The highest BCUT2D eigenvalue weighted by atomic mass is 19.1. The Morgan fingerprint density at radius 1 is 1.09 bits per heavy atom. The van der Waals surface area contributed by atoms with E-state index in [1.807, 2.05) is 5.32 Å². The highest BCUT2D eigenvalue weighted by Gasteiger charge is 2.61. The van der Waals surface area contributed by atoms with E-state index in [-0.39, 0.29) is 19.4 Å². The largest absolute Gasteiger partial charge is 0.479 e. The van der Waals surface area contributed by atoms with Crippen molar-refractivity contribution >= 4 is 35.7 Å². The van der Waals surface area contributed by atoms with Crippen LogP contribution < -0.4 is 16.0 Å². The number of para-hydroxylation sites is 1. The molecule has 1 heterocycles. The Morgan fingerprint density at radius 3 is 2.19 bits per heavy atom. The molecular formula is C29H38F2N4O8. The van der Waals surface area contributed by atoms with Crippen molar-refractivity contribution < 1.29 is 47.3 Å². The van der Waals surface area contributed by atoms with Gasteiger partial charge in [0.15, 0.2) is 0 Å². The van der Waals surface area contributed by atoms with Crippen LogP contribution in [0.2, 0.25) is 0 Å². The van der Waals surface area contributed by atoms with Gasteiger partial charge >= 0.3 is 18.2 Å². The van der Waals surface area contributed by atoms with Crippen LogP contribution in [-0.4, -0.2) is 75.8 Å². The second kappa shape index (κ2) is 12.2. The van der Waals surface area contributed by atoms with Crippen LogP contribution in [0.15, 0.2) is 30.9 Å². The summed E-state index contributed by atoms with van der Waals surface area (Å²) in [6.07, 6.45) is -2.01. The summed E-state index contributed by atoms with van der Waals surface area (Å²) >= 11 is 0. The molecule has 1 aliphatic heterocycles. The molecule has 2 fully saturated rings. The highest BCUT2D eigenvalue weighted by molar-refractivity contribution is 5.96. The minimum absolute atomic E-state index is 0.0968. The molecule has 236 valence electrons. The minimum atomic E-state index is -1.61. The number of anilines is 1. The Kier molecular flexibility index (Phi) is 9.42. The summed E-state index contributed by atoms with van der Waals surface area (Å²) in [5, 5.41) is 16.8. The third kappa shape index (κ3) is 7.79. The van der Waals surface area contributed by atoms with Gasteiger partial charge in [-0.25, -0.2) is 23.2 Å². The molecule has 1 saturated carbocycles. The molecule has 14 heteroatoms. The Labute approximate surface area is 248 Å². The molecule has 3 rings (SSSR count). The summed E-state index contributed by atoms with van der Waals surface area (Å²) in [5.74, 6) is -5.44. The molecule has 0 bridgehead atoms. The number of carboxylic acids is 1. The van der Waals surface area contributed by atoms with Crippen molar-refractivity contribution in [3.8, 4) is 0 Å². The topological polar surface area (TPSA) is 163 Å². The molecule has 0 radical (unpaired) electrons. The van der Waals surface area contributed by atoms with Crippen molar-refractivity contribution in [2.24, 2.45) is 11.3 Å². The standard InChI is InChI=1S/C29H38F2N4O8/c1-8-15-13-29(15,24(38)39)34-22(36)19-12-16(42-25(40)32-20-17(30)10-9-11-18(20)31)14-35(19)23(37)21(27(2,3)4)33-26(41)43-28(5,6)7/h8-11,15-16,19,21H,1,12-14H2,2-7H3,(H,32,40)(H,33,41)(H,34,36)(H,38,39)/t15?,16-,19+,21-,29?/m1/s1. The monoisotopic (exact) mass is 608 g/mol. The second-order valence-electron chi connectivity index (χ2n) is 12.7. The fourth-order valence-electron chi connectivity index (χ4n) is 4.83. The van der Waals surface area contributed by atoms with E-state index >= 15 is 0 Å². The maximum Gasteiger partial charge on any atom is 0.412 e. The predicted molar refractivity (Wildman–Crippen MR) is 150 cm³/mol. The van der Waals surface area contributed by atoms with E-state index in [1.54, 1.807) is 41.5 Å². The van der Waals surface area contributed by atoms with Crippen molar-refractivity contribution in [3.63, 3.8) is 0 Å². The van der Waals surface area contributed by atoms with Crippen molar-refractivity contribution in [1.29, 1.82) is 0 Å². The first-order chi connectivity index (χ1) is 19.8. The molecule has 2 unspecified atom stereocenters. The zero-order chi connectivity index (χ0) is 32.5. The number of carbonyl (C=O) groups excluding carboxylic acids is 4. The van der Waals surface area contributed by atoms with Crippen molar-refractivity contribution in [3.05, 3.63) is 42.5 Å². The molecule has 1 aromatic carbocycles. The van der Waals surface area contributed by atoms with Gasteiger partial charge in [0.05, 0.1) is 6.54 Å². The van der Waals surface area contributed by atoms with Crippen LogP contribution >= 0.6 is 0 Å². The van der Waals surface area contributed by atoms with Gasteiger partial charge in [-0.2, -0.15) is 0 Å². The molecule has 0 spiro atoms. The lowest BCUT2D eigenvalue weighted by Crippen LogP contribution is -2.59. The number of alkyl carbamates (subject to hydrolysis) is 1. The summed E-state index contributed by atoms with van der Waals surface area (Å²) in [6.45, 7) is 13.2. The lowest BCUT2D eigenvalue weighted by Gasteiger charge is -2.35. The zero-order valence-corrected chi connectivity index (χ0v) is 25.0. The molecule has 1 saturated heterocycles. The van der Waals surface area contributed by atoms with E-state index in [2.05, 4.69) is 17.2 Å². The molecule has 4 amide bonds. The number of halogens is 2. The van der Waals surface area contributed by atoms with Gasteiger partial charge < -0.3 is 30.1 Å². The summed E-state index contributed by atoms with van der Waals surface area (Å²) in [6, 6.07) is 0.455. The number of aliphatic carboxylic acids is 1. The Hall–Kier alpha value is -4.23. The number of carbonyl (C=O) groups is 5. The van der Waals surface area contributed by atoms with Crippen LogP contribution in [0.5, 0.6) is 0 Å². The van der Waals surface area contributed by atoms with Crippen LogP contribution in [-0.2, 0) is 23.9 Å². The average molecular weight is 609 g/mol. The van der Waals surface area contributed by atoms with Crippen LogP contribution in [0, 0.1) is 23.0 Å². The highest BCUT2D eigenvalue weighted by Crippen LogP contribution is 2.45. The number of nitrogens with one attached hydrogen (secondary N) is 3. The third-order valence-corrected chi connectivity index (χ3v) is 7.11. The molecule has 1 aromatic rings. The van der Waals surface area contributed by atoms with Gasteiger partial charge in [0.1, 0.15) is 46.6 Å². The maximum absolute atomic E-state index is 14.0. The van der Waals surface area contributed by atoms with Crippen molar-refractivity contribution in [2.75, 3.05) is 11.9 Å². The molecule has 4 N–H and O–H groups in total. The summed E-state index contributed by atoms with van der Waals surface area (Å²) in [5.41, 5.74) is -4.10. The Bertz CT molecular complexity index is 1290. The van der Waals surface area contributed by atoms with Crippen molar-refractivity contribution in [2.45, 2.75) is 83.7 Å². The van der Waals surface area contributed by atoms with E-state index in [0.717, 1.165) is 23.1 Å². The van der Waals surface area contributed by atoms with E-state index < -0.39 is 88.0 Å². The number of nitrogens with zero attached hydrogens (tertiary/aromatic N) is 1. The van der Waals surface area contributed by atoms with Crippen LogP contribution in [0.1, 0.15) is 54.4 Å². The molecule has 43 heavy (non-hydrogen) atoms. The fourth-order valence-corrected chi connectivity index (χ4v) is 4.83. The Morgan fingerprint density at radius 2 is 1.70 bits per heavy atom. The first kappa shape index (κ1) is 33.3. The summed E-state index contributed by atoms with van der Waals surface area (Å²) in [4.78, 5) is 65.7. The van der Waals surface area contributed by atoms with E-state index in [9.17, 15) is 37.9 Å². The predicted octanol–water partition coefficient (Wildman–Crippen LogP) is 3.57. The zero-order valence-electron chi connectivity index (χ0n) is 25.0. The number of likely N-dealkylation sites (tertiary alicyclic amines) is 1. The lowest BCUT2D eigenvalue weighted by molar-refractivity contribution is -0.146. The first-order valence-electron chi connectivity index (χ1n) is 13.7. The number of hydrogen-bond acceptors (Lipinski definition) is 7. The van der Waals surface area contributed by atoms with Gasteiger partial charge in [-0.15, -0.1) is 6.58 Å². The number of hydrogen-bond donors (Lipinski definition) is 4. The molecule has 12 nitrogen and oxygen atoms in total. The van der Waals surface area contributed by atoms with E-state index in [1.165, 1.54) is 6.08 Å². The van der Waals surface area contributed by atoms with Gasteiger partial charge in [0.2, 0.25) is 11.8 Å². The second-order valence-corrected chi connectivity index (χ2v) is 12.7. The van der Waals surface area contributed by atoms with Crippen LogP contribution in [0.25, 0.3) is 0 Å². The van der Waals surface area contributed by atoms with Gasteiger partial charge in [-0.3, -0.25) is 14.9 Å². The van der Waals surface area contributed by atoms with Gasteiger partial charge in [0.25, 0.3) is 0 Å². The normalized spacial score (nSPS) is 23.9. The minimum Gasteiger partial charge on any atom is -0.479 e. The summed E-state index contributed by atoms with van der Waals surface area (Å²) < 4.78 is 38.7. The Balaban J connectivity index is 1.87. The lowest BCUT2D eigenvalue weighted by atomic mass is 9.85. The fraction of sp³-hybridized carbons (Fsp3) is 0.552. The molecule has 1 aliphatic carbocycles. The average Bonchev–Trinajstić information content (AvgIpc) is 3.43. The van der Waals surface area contributed by atoms with Gasteiger partial charge in [-0.1, -0.05) is 32.9 Å². The molecule has 2 aliphatic rings. The van der Waals surface area contributed by atoms with Crippen LogP contribution in [0.3, 0.4) is 0 Å². The molecule has 5 atom stereocenters. The third-order valence-electron chi connectivity index (χ3n) is 7.11.